The molecular weight excluding hydrogens is 500 g/mol. The Kier molecular flexibility index (Phi) is 8.76. The van der Waals surface area contributed by atoms with Gasteiger partial charge in [-0.2, -0.15) is 0 Å². The molecule has 0 saturated carbocycles. The highest BCUT2D eigenvalue weighted by Gasteiger charge is 2.24. The third-order valence-corrected chi connectivity index (χ3v) is 7.02. The molecule has 0 bridgehead atoms. The summed E-state index contributed by atoms with van der Waals surface area (Å²) >= 11 is 0. The lowest BCUT2D eigenvalue weighted by atomic mass is 10.0. The first-order valence-electron chi connectivity index (χ1n) is 13.0. The Balaban J connectivity index is 1.98. The Morgan fingerprint density at radius 2 is 1.64 bits per heavy atom. The normalized spacial score (nSPS) is 11.9. The average molecular weight is 534 g/mol. The molecule has 4 rings (SSSR count). The van der Waals surface area contributed by atoms with Gasteiger partial charge in [-0.3, -0.25) is 13.9 Å². The van der Waals surface area contributed by atoms with Gasteiger partial charge in [0.1, 0.15) is 5.82 Å². The number of nitrogens with zero attached hydrogens (tertiary/aromatic N) is 2. The first-order chi connectivity index (χ1) is 18.8. The van der Waals surface area contributed by atoms with Crippen molar-refractivity contribution in [2.45, 2.75) is 46.3 Å². The number of aromatic nitrogens is 2. The van der Waals surface area contributed by atoms with Gasteiger partial charge in [-0.25, -0.2) is 13.6 Å². The van der Waals surface area contributed by atoms with Crippen LogP contribution in [-0.4, -0.2) is 22.8 Å². The molecule has 0 radical (unpaired) electrons. The minimum Gasteiger partial charge on any atom is -0.494 e. The van der Waals surface area contributed by atoms with Crippen molar-refractivity contribution in [1.82, 2.24) is 14.5 Å². The molecule has 0 spiro atoms. The van der Waals surface area contributed by atoms with Gasteiger partial charge in [0.05, 0.1) is 31.8 Å². The smallest absolute Gasteiger partial charge is 0.331 e. The lowest BCUT2D eigenvalue weighted by molar-refractivity contribution is 0.387. The summed E-state index contributed by atoms with van der Waals surface area (Å²) in [5.74, 6) is -1.19. The minimum absolute atomic E-state index is 0.0107. The van der Waals surface area contributed by atoms with Crippen molar-refractivity contribution in [3.05, 3.63) is 122 Å². The summed E-state index contributed by atoms with van der Waals surface area (Å²) in [5, 5.41) is 3.42. The fourth-order valence-corrected chi connectivity index (χ4v) is 4.82. The van der Waals surface area contributed by atoms with Gasteiger partial charge in [-0.05, 0) is 50.1 Å². The summed E-state index contributed by atoms with van der Waals surface area (Å²) in [7, 11) is 1.35. The largest absolute Gasteiger partial charge is 0.494 e. The molecule has 1 atom stereocenters. The van der Waals surface area contributed by atoms with E-state index in [2.05, 4.69) is 5.32 Å². The van der Waals surface area contributed by atoms with Crippen LogP contribution in [0.25, 0.3) is 11.1 Å². The first-order valence-corrected chi connectivity index (χ1v) is 13.0. The van der Waals surface area contributed by atoms with Crippen LogP contribution in [0.3, 0.4) is 0 Å². The zero-order valence-electron chi connectivity index (χ0n) is 22.6. The molecule has 1 N–H and O–H groups in total. The molecule has 0 unspecified atom stereocenters. The van der Waals surface area contributed by atoms with Gasteiger partial charge in [0.15, 0.2) is 11.6 Å². The maximum Gasteiger partial charge on any atom is 0.331 e. The Morgan fingerprint density at radius 1 is 0.923 bits per heavy atom. The molecule has 0 fully saturated rings. The molecule has 0 aliphatic carbocycles. The van der Waals surface area contributed by atoms with Crippen LogP contribution in [0.15, 0.2) is 76.3 Å². The highest BCUT2D eigenvalue weighted by molar-refractivity contribution is 5.67. The molecular formula is C31H33F2N3O3. The van der Waals surface area contributed by atoms with E-state index in [0.29, 0.717) is 17.7 Å². The van der Waals surface area contributed by atoms with Crippen LogP contribution in [-0.2, 0) is 13.1 Å². The summed E-state index contributed by atoms with van der Waals surface area (Å²) in [4.78, 5) is 27.9. The van der Waals surface area contributed by atoms with E-state index in [1.54, 1.807) is 32.0 Å². The molecule has 0 amide bonds. The van der Waals surface area contributed by atoms with Gasteiger partial charge in [-0.15, -0.1) is 0 Å². The Morgan fingerprint density at radius 3 is 2.31 bits per heavy atom. The van der Waals surface area contributed by atoms with E-state index >= 15 is 4.39 Å². The summed E-state index contributed by atoms with van der Waals surface area (Å²) < 4.78 is 38.0. The fourth-order valence-electron chi connectivity index (χ4n) is 4.82. The van der Waals surface area contributed by atoms with Crippen LogP contribution in [0.4, 0.5) is 8.78 Å². The fraction of sp³-hybridized carbons (Fsp3) is 0.290. The van der Waals surface area contributed by atoms with Crippen LogP contribution in [0.2, 0.25) is 0 Å². The third kappa shape index (κ3) is 5.71. The average Bonchev–Trinajstić information content (AvgIpc) is 2.93. The van der Waals surface area contributed by atoms with E-state index in [9.17, 15) is 14.0 Å². The summed E-state index contributed by atoms with van der Waals surface area (Å²) in [5.41, 5.74) is 0.979. The molecule has 204 valence electrons. The van der Waals surface area contributed by atoms with Crippen molar-refractivity contribution < 1.29 is 13.5 Å². The van der Waals surface area contributed by atoms with Crippen molar-refractivity contribution in [1.29, 1.82) is 0 Å². The molecule has 0 aliphatic rings. The minimum atomic E-state index is -0.706. The number of aryl methyl sites for hydroxylation is 1. The van der Waals surface area contributed by atoms with Crippen molar-refractivity contribution >= 4 is 0 Å². The standard InChI is InChI=1S/C31H33F2N3O3/c1-5-17-34-26(22-12-7-6-8-13-22)19-36-30(37)28(23-14-10-16-27(39-4)29(23)33)21(3)35(31(36)38)18-24-20(2)11-9-15-25(24)32/h6-16,26,34H,5,17-19H2,1-4H3/t26-/m0/s1. The highest BCUT2D eigenvalue weighted by Crippen LogP contribution is 2.29. The van der Waals surface area contributed by atoms with Gasteiger partial charge in [0.25, 0.3) is 5.56 Å². The summed E-state index contributed by atoms with van der Waals surface area (Å²) in [6.45, 7) is 5.94. The molecule has 0 saturated heterocycles. The SMILES string of the molecule is CCCN[C@@H](Cn1c(=O)c(-c2cccc(OC)c2F)c(C)n(Cc2c(C)cccc2F)c1=O)c1ccccc1. The molecule has 1 aromatic heterocycles. The van der Waals surface area contributed by atoms with Gasteiger partial charge in [0, 0.05) is 16.8 Å². The van der Waals surface area contributed by atoms with Crippen LogP contribution in [0.5, 0.6) is 5.75 Å². The maximum absolute atomic E-state index is 15.5. The summed E-state index contributed by atoms with van der Waals surface area (Å²) in [6.07, 6.45) is 0.850. The number of benzene rings is 3. The lowest BCUT2D eigenvalue weighted by Gasteiger charge is -2.23. The number of methoxy groups -OCH3 is 1. The molecule has 8 heteroatoms. The quantitative estimate of drug-likeness (QED) is 0.298. The lowest BCUT2D eigenvalue weighted by Crippen LogP contribution is -2.45. The van der Waals surface area contributed by atoms with E-state index in [-0.39, 0.29) is 41.7 Å². The Labute approximate surface area is 226 Å². The third-order valence-electron chi connectivity index (χ3n) is 7.02. The monoisotopic (exact) mass is 533 g/mol. The van der Waals surface area contributed by atoms with Gasteiger partial charge in [-0.1, -0.05) is 61.5 Å². The topological polar surface area (TPSA) is 65.3 Å². The van der Waals surface area contributed by atoms with Crippen molar-refractivity contribution in [2.75, 3.05) is 13.7 Å². The second-order valence-corrected chi connectivity index (χ2v) is 9.52. The predicted molar refractivity (Wildman–Crippen MR) is 149 cm³/mol. The molecule has 39 heavy (non-hydrogen) atoms. The molecule has 3 aromatic carbocycles. The zero-order valence-corrected chi connectivity index (χ0v) is 22.6. The van der Waals surface area contributed by atoms with E-state index in [1.165, 1.54) is 29.9 Å². The molecule has 6 nitrogen and oxygen atoms in total. The van der Waals surface area contributed by atoms with Crippen LogP contribution >= 0.6 is 0 Å². The number of nitrogens with one attached hydrogen (secondary N) is 1. The van der Waals surface area contributed by atoms with Gasteiger partial charge < -0.3 is 10.1 Å². The van der Waals surface area contributed by atoms with E-state index < -0.39 is 22.9 Å². The zero-order chi connectivity index (χ0) is 28.1. The van der Waals surface area contributed by atoms with Crippen molar-refractivity contribution in [2.24, 2.45) is 0 Å². The van der Waals surface area contributed by atoms with E-state index in [0.717, 1.165) is 16.6 Å². The highest BCUT2D eigenvalue weighted by atomic mass is 19.1. The number of hydrogen-bond acceptors (Lipinski definition) is 4. The Hall–Kier alpha value is -4.04. The van der Waals surface area contributed by atoms with Crippen LogP contribution in [0, 0.1) is 25.5 Å². The van der Waals surface area contributed by atoms with Crippen molar-refractivity contribution in [3.63, 3.8) is 0 Å². The Bertz CT molecular complexity index is 1560. The van der Waals surface area contributed by atoms with Crippen LogP contribution < -0.4 is 21.3 Å². The number of rotatable bonds is 10. The predicted octanol–water partition coefficient (Wildman–Crippen LogP) is 5.37. The molecule has 0 aliphatic heterocycles. The second kappa shape index (κ2) is 12.2. The van der Waals surface area contributed by atoms with Crippen molar-refractivity contribution in [3.8, 4) is 16.9 Å². The maximum atomic E-state index is 15.5. The van der Waals surface area contributed by atoms with Crippen LogP contribution in [0.1, 0.15) is 41.8 Å². The molecule has 1 heterocycles. The van der Waals surface area contributed by atoms with E-state index in [1.807, 2.05) is 37.3 Å². The first kappa shape index (κ1) is 28.0. The van der Waals surface area contributed by atoms with Gasteiger partial charge in [0.2, 0.25) is 0 Å². The number of hydrogen-bond donors (Lipinski definition) is 1. The molecule has 4 aromatic rings. The van der Waals surface area contributed by atoms with Gasteiger partial charge >= 0.3 is 5.69 Å². The second-order valence-electron chi connectivity index (χ2n) is 9.52. The number of halogens is 2. The number of ether oxygens (including phenoxy) is 1. The van der Waals surface area contributed by atoms with E-state index in [4.69, 9.17) is 4.74 Å². The summed E-state index contributed by atoms with van der Waals surface area (Å²) in [6, 6.07) is 18.4.